The molecule has 0 aliphatic carbocycles. The van der Waals surface area contributed by atoms with Crippen LogP contribution in [0.3, 0.4) is 0 Å². The lowest BCUT2D eigenvalue weighted by molar-refractivity contribution is -0.463. The fourth-order valence-corrected chi connectivity index (χ4v) is 14.9. The molecule has 0 spiro atoms. The molecular weight excluding hydrogens is 2190 g/mol. The van der Waals surface area contributed by atoms with Crippen LogP contribution in [0.2, 0.25) is 0 Å². The van der Waals surface area contributed by atoms with Crippen molar-refractivity contribution in [2.24, 2.45) is 0 Å². The zero-order chi connectivity index (χ0) is 113. The highest BCUT2D eigenvalue weighted by Crippen LogP contribution is 2.73. The van der Waals surface area contributed by atoms with Gasteiger partial charge in [-0.15, -0.1) is 0 Å². The van der Waals surface area contributed by atoms with Gasteiger partial charge in [0, 0.05) is 14.7 Å². The van der Waals surface area contributed by atoms with E-state index in [0.29, 0.717) is 29.3 Å². The highest BCUT2D eigenvalue weighted by Gasteiger charge is 3.02. The van der Waals surface area contributed by atoms with Crippen molar-refractivity contribution in [1.29, 1.82) is 0 Å². The van der Waals surface area contributed by atoms with Crippen molar-refractivity contribution in [3.63, 3.8) is 0 Å². The van der Waals surface area contributed by atoms with Gasteiger partial charge in [0.1, 0.15) is 0 Å². The Balaban J connectivity index is 0.00000104. The van der Waals surface area contributed by atoms with Gasteiger partial charge in [0.2, 0.25) is 0 Å². The lowest BCUT2D eigenvalue weighted by Gasteiger charge is -2.44. The largest absolute Gasteiger partial charge is 0.438 e. The number of hydrogen-bond acceptors (Lipinski definition) is 9. The second-order valence-electron chi connectivity index (χ2n) is 35.5. The summed E-state index contributed by atoms with van der Waals surface area (Å²) in [5, 5.41) is -44.0. The van der Waals surface area contributed by atoms with Crippen LogP contribution in [0.25, 0.3) is 0 Å². The van der Waals surface area contributed by atoms with Crippen molar-refractivity contribution in [3.05, 3.63) is 88.0 Å². The Morgan fingerprint density at radius 2 is 0.283 bits per heavy atom. The highest BCUT2D eigenvalue weighted by molar-refractivity contribution is 8.01. The number of thioether (sulfide) groups is 3. The summed E-state index contributed by atoms with van der Waals surface area (Å²) in [4.78, 5) is -3.28. The van der Waals surface area contributed by atoms with Gasteiger partial charge < -0.3 is 0 Å². The molecule has 0 unspecified atom stereocenters. The molecule has 0 radical (unpaired) electrons. The number of alkyl halides is 54. The van der Waals surface area contributed by atoms with E-state index in [2.05, 4.69) is 0 Å². The zero-order valence-corrected chi connectivity index (χ0v) is 75.7. The summed E-state index contributed by atoms with van der Waals surface area (Å²) in [7, 11) is -24.0. The molecule has 0 atom stereocenters. The first-order valence-corrected chi connectivity index (χ1v) is 42.1. The molecule has 0 saturated heterocycles. The van der Waals surface area contributed by atoms with Crippen LogP contribution in [0.15, 0.2) is 69.3 Å². The van der Waals surface area contributed by atoms with Crippen LogP contribution in [0.1, 0.15) is 158 Å². The summed E-state index contributed by atoms with van der Waals surface area (Å²) in [5.41, 5.74) is -6.54. The summed E-state index contributed by atoms with van der Waals surface area (Å²) >= 11 is -5.05. The van der Waals surface area contributed by atoms with Crippen molar-refractivity contribution >= 4 is 65.6 Å². The second kappa shape index (κ2) is 36.1. The molecule has 9 nitrogen and oxygen atoms in total. The van der Waals surface area contributed by atoms with Crippen LogP contribution in [-0.4, -0.2) is 195 Å². The number of halogens is 54. The fourth-order valence-electron chi connectivity index (χ4n) is 10.2. The Morgan fingerprint density at radius 1 is 0.174 bits per heavy atom. The average molecular weight is 2260 g/mol. The third-order valence-electron chi connectivity index (χ3n) is 18.9. The van der Waals surface area contributed by atoms with Gasteiger partial charge in [0.05, 0.1) is 0 Å². The molecular formula is C69H66F54O9S6. The molecule has 3 aromatic carbocycles. The third-order valence-corrected chi connectivity index (χ3v) is 24.9. The predicted molar refractivity (Wildman–Crippen MR) is 377 cm³/mol. The molecule has 810 valence electrons. The first-order chi connectivity index (χ1) is 58.7. The number of rotatable bonds is 33. The topological polar surface area (TPSA) is 163 Å². The summed E-state index contributed by atoms with van der Waals surface area (Å²) in [5.74, 6) is -183. The van der Waals surface area contributed by atoms with Crippen molar-refractivity contribution in [3.8, 4) is 0 Å². The van der Waals surface area contributed by atoms with Crippen molar-refractivity contribution in [2.75, 3.05) is 0 Å². The minimum Gasteiger partial charge on any atom is -0.281 e. The highest BCUT2D eigenvalue weighted by atomic mass is 32.2. The maximum atomic E-state index is 14.8. The van der Waals surface area contributed by atoms with E-state index in [0.717, 1.165) is 36.4 Å². The van der Waals surface area contributed by atoms with Crippen molar-refractivity contribution in [1.82, 2.24) is 0 Å². The summed E-state index contributed by atoms with van der Waals surface area (Å²) < 4.78 is 844. The Kier molecular flexibility index (Phi) is 34.1. The Bertz CT molecular complexity index is 5240. The molecule has 0 heterocycles. The predicted octanol–water partition coefficient (Wildman–Crippen LogP) is 29.7. The Hall–Kier alpha value is -5.34. The minimum absolute atomic E-state index is 0.258. The van der Waals surface area contributed by atoms with Crippen molar-refractivity contribution in [2.45, 2.75) is 328 Å². The SMILES string of the molecule is CC(C)(C)c1ccc(SC(F)(F)C(F)(F)C(F)(F)C(F)(F)C(F)(F)C(F)(F)C(F)(F)C(F)(F)C(F)(F)C(F)(F)S(=O)(=O)O)c(C(C)(C)C)c1.CC(C)(C)c1ccc(SC(F)(F)C(F)(F)C(F)(F)C(F)(F)C(F)(F)C(F)(F)C(F)(F)C(F)(F)C(F)(F)S(=O)(=O)O)c(C(C)(C)C)c1.CC(C)(C)c1ccc(SC(F)(F)C(F)(F)C(F)(F)C(F)(F)C(F)(F)C(F)(F)C(F)(F)C(F)(F)S(=O)(=O)O)c(C(C)(C)C)c1. The molecule has 0 aliphatic rings. The molecule has 3 rings (SSSR count). The molecule has 0 saturated carbocycles. The summed E-state index contributed by atoms with van der Waals surface area (Å²) in [6.07, 6.45) is 0. The van der Waals surface area contributed by atoms with Crippen LogP contribution in [0.5, 0.6) is 0 Å². The van der Waals surface area contributed by atoms with Gasteiger partial charge in [-0.25, -0.2) is 0 Å². The molecule has 0 aliphatic heterocycles. The molecule has 138 heavy (non-hydrogen) atoms. The van der Waals surface area contributed by atoms with Crippen LogP contribution < -0.4 is 0 Å². The van der Waals surface area contributed by atoms with Gasteiger partial charge in [0.25, 0.3) is 0 Å². The van der Waals surface area contributed by atoms with Crippen molar-refractivity contribution < 1.29 is 276 Å². The second-order valence-corrected chi connectivity index (χ2v) is 43.4. The lowest BCUT2D eigenvalue weighted by Crippen LogP contribution is -2.77. The molecule has 0 amide bonds. The summed E-state index contributed by atoms with van der Waals surface area (Å²) in [6, 6.07) is 7.96. The van der Waals surface area contributed by atoms with E-state index in [4.69, 9.17) is 13.7 Å². The summed E-state index contributed by atoms with van der Waals surface area (Å²) in [6.45, 7) is 25.3. The van der Waals surface area contributed by atoms with Crippen LogP contribution >= 0.6 is 35.3 Å². The minimum atomic E-state index is -9.32. The fraction of sp³-hybridized carbons (Fsp3) is 0.739. The van der Waals surface area contributed by atoms with E-state index < -0.39 is 274 Å². The zero-order valence-electron chi connectivity index (χ0n) is 70.8. The van der Waals surface area contributed by atoms with E-state index in [-0.39, 0.29) is 16.7 Å². The molecule has 3 aromatic rings. The molecule has 3 N–H and O–H groups in total. The molecule has 0 aromatic heterocycles. The van der Waals surface area contributed by atoms with E-state index >= 15 is 0 Å². The third kappa shape index (κ3) is 20.5. The van der Waals surface area contributed by atoms with Gasteiger partial charge >= 0.3 is 186 Å². The lowest BCUT2D eigenvalue weighted by atomic mass is 9.81. The van der Waals surface area contributed by atoms with E-state index in [1.165, 1.54) is 83.1 Å². The van der Waals surface area contributed by atoms with Crippen LogP contribution in [-0.2, 0) is 62.8 Å². The van der Waals surface area contributed by atoms with Gasteiger partial charge in [-0.1, -0.05) is 161 Å². The quantitative estimate of drug-likeness (QED) is 0.0301. The molecule has 69 heteroatoms. The Labute approximate surface area is 754 Å². The van der Waals surface area contributed by atoms with Crippen LogP contribution in [0, 0.1) is 0 Å². The van der Waals surface area contributed by atoms with Gasteiger partial charge in [-0.2, -0.15) is 262 Å². The maximum Gasteiger partial charge on any atom is 0.438 e. The Morgan fingerprint density at radius 3 is 0.384 bits per heavy atom. The first-order valence-electron chi connectivity index (χ1n) is 35.3. The maximum absolute atomic E-state index is 14.8. The van der Waals surface area contributed by atoms with E-state index in [9.17, 15) is 262 Å². The normalized spacial score (nSPS) is 16.2. The number of benzene rings is 3. The van der Waals surface area contributed by atoms with E-state index in [1.807, 2.05) is 0 Å². The van der Waals surface area contributed by atoms with Gasteiger partial charge in [0.15, 0.2) is 0 Å². The number of hydrogen-bond donors (Lipinski definition) is 3. The molecule has 0 fully saturated rings. The standard InChI is InChI=1S/C24H22F20O3S2.C23H22F18O3S2.C22H22F16O3S2/c1-13(2,3)10-7-8-12(11(9-10)14(4,5)6)48-23(41,42)21(37,38)19(33,34)17(29,30)15(25,26)16(27,28)18(31,32)20(35,36)22(39,40)24(43,44)49(45,46)47;1-13(2,3)10-7-8-12(11(9-10)14(4,5)6)45-22(38,39)20(34,35)18(30,31)16(26,27)15(24,25)17(28,29)19(32,33)21(36,37)23(40,41)46(42,43)44;1-13(2,3)10-7-8-12(11(9-10)14(4,5)6)42-21(35,36)19(31,32)17(27,28)15(23,24)16(25,26)18(29,30)20(33,34)22(37,38)43(39,40)41/h7-9H,1-6H3,(H,45,46,47);7-9H,1-6H3,(H,42,43,44);7-9H,1-6H3,(H,39,40,41). The average Bonchev–Trinajstić information content (AvgIpc) is 0.687. The smallest absolute Gasteiger partial charge is 0.281 e. The monoisotopic (exact) mass is 2260 g/mol. The van der Waals surface area contributed by atoms with Crippen LogP contribution in [0.4, 0.5) is 237 Å². The van der Waals surface area contributed by atoms with Gasteiger partial charge in [-0.05, 0) is 119 Å². The molecule has 0 bridgehead atoms. The van der Waals surface area contributed by atoms with E-state index in [1.54, 1.807) is 41.5 Å². The first kappa shape index (κ1) is 131. The van der Waals surface area contributed by atoms with Gasteiger partial charge in [-0.3, -0.25) is 13.7 Å².